The highest BCUT2D eigenvalue weighted by Crippen LogP contribution is 2.15. The summed E-state index contributed by atoms with van der Waals surface area (Å²) in [5.41, 5.74) is 0. The first-order valence-electron chi connectivity index (χ1n) is 27.8. The van der Waals surface area contributed by atoms with E-state index in [9.17, 15) is 14.4 Å². The summed E-state index contributed by atoms with van der Waals surface area (Å²) in [6.45, 7) is 6.58. The van der Waals surface area contributed by atoms with Crippen molar-refractivity contribution in [2.24, 2.45) is 0 Å². The maximum absolute atomic E-state index is 12.8. The number of hydrogen-bond donors (Lipinski definition) is 0. The molecule has 0 unspecified atom stereocenters. The van der Waals surface area contributed by atoms with Crippen LogP contribution in [0.25, 0.3) is 0 Å². The minimum Gasteiger partial charge on any atom is -0.462 e. The van der Waals surface area contributed by atoms with Gasteiger partial charge in [-0.05, 0) is 89.9 Å². The van der Waals surface area contributed by atoms with Gasteiger partial charge >= 0.3 is 17.9 Å². The van der Waals surface area contributed by atoms with E-state index in [1.807, 2.05) is 0 Å². The summed E-state index contributed by atoms with van der Waals surface area (Å²) in [7, 11) is 0. The molecule has 0 aromatic carbocycles. The zero-order valence-corrected chi connectivity index (χ0v) is 43.0. The van der Waals surface area contributed by atoms with Gasteiger partial charge in [0.15, 0.2) is 6.10 Å². The average Bonchev–Trinajstić information content (AvgIpc) is 3.30. The van der Waals surface area contributed by atoms with Crippen molar-refractivity contribution in [1.29, 1.82) is 0 Å². The Kier molecular flexibility index (Phi) is 51.3. The highest BCUT2D eigenvalue weighted by atomic mass is 16.6. The summed E-state index contributed by atoms with van der Waals surface area (Å²) in [6, 6.07) is 0. The third kappa shape index (κ3) is 51.9. The monoisotopic (exact) mass is 909 g/mol. The van der Waals surface area contributed by atoms with Gasteiger partial charge in [-0.15, -0.1) is 0 Å². The first-order chi connectivity index (χ1) is 32.0. The van der Waals surface area contributed by atoms with Crippen LogP contribution in [0, 0.1) is 0 Å². The SMILES string of the molecule is CCCCC/C=C/C/C=C/C/C=C/CCCCCCC(=O)OC[C@@H](COC(=O)CCCCCCCCCCCCCCC)OC(=O)CCCCCCCCC/C=C/C/C=C/CCCCC. The number of allylic oxidation sites excluding steroid dienone is 10. The number of carbonyl (C=O) groups excluding carboxylic acids is 3. The molecular formula is C59H104O6. The van der Waals surface area contributed by atoms with E-state index in [1.54, 1.807) is 0 Å². The molecule has 0 fully saturated rings. The lowest BCUT2D eigenvalue weighted by atomic mass is 10.0. The van der Waals surface area contributed by atoms with E-state index < -0.39 is 6.10 Å². The molecule has 6 heteroatoms. The fourth-order valence-corrected chi connectivity index (χ4v) is 7.77. The molecule has 0 N–H and O–H groups in total. The van der Waals surface area contributed by atoms with E-state index in [0.29, 0.717) is 19.3 Å². The fourth-order valence-electron chi connectivity index (χ4n) is 7.77. The van der Waals surface area contributed by atoms with Gasteiger partial charge in [0, 0.05) is 19.3 Å². The Bertz CT molecular complexity index is 1180. The molecule has 0 saturated heterocycles. The lowest BCUT2D eigenvalue weighted by Crippen LogP contribution is -2.30. The maximum Gasteiger partial charge on any atom is 0.306 e. The summed E-state index contributed by atoms with van der Waals surface area (Å²) >= 11 is 0. The largest absolute Gasteiger partial charge is 0.462 e. The Balaban J connectivity index is 4.42. The molecule has 0 heterocycles. The highest BCUT2D eigenvalue weighted by Gasteiger charge is 2.19. The Morgan fingerprint density at radius 1 is 0.308 bits per heavy atom. The molecule has 0 aromatic heterocycles. The van der Waals surface area contributed by atoms with Gasteiger partial charge in [-0.2, -0.15) is 0 Å². The zero-order valence-electron chi connectivity index (χ0n) is 43.0. The van der Waals surface area contributed by atoms with Crippen molar-refractivity contribution < 1.29 is 28.6 Å². The topological polar surface area (TPSA) is 78.9 Å². The predicted molar refractivity (Wildman–Crippen MR) is 279 cm³/mol. The van der Waals surface area contributed by atoms with Crippen molar-refractivity contribution in [2.45, 2.75) is 284 Å². The second-order valence-electron chi connectivity index (χ2n) is 18.5. The normalized spacial score (nSPS) is 12.5. The van der Waals surface area contributed by atoms with Crippen molar-refractivity contribution in [3.05, 3.63) is 60.8 Å². The number of esters is 3. The number of rotatable bonds is 50. The van der Waals surface area contributed by atoms with Gasteiger partial charge in [0.25, 0.3) is 0 Å². The Morgan fingerprint density at radius 2 is 0.554 bits per heavy atom. The fraction of sp³-hybridized carbons (Fsp3) is 0.780. The number of hydrogen-bond acceptors (Lipinski definition) is 6. The van der Waals surface area contributed by atoms with Crippen molar-refractivity contribution in [2.75, 3.05) is 13.2 Å². The molecule has 65 heavy (non-hydrogen) atoms. The minimum absolute atomic E-state index is 0.0826. The molecule has 6 nitrogen and oxygen atoms in total. The molecule has 0 rings (SSSR count). The molecular weight excluding hydrogens is 805 g/mol. The van der Waals surface area contributed by atoms with E-state index in [2.05, 4.69) is 81.5 Å². The quantitative estimate of drug-likeness (QED) is 0.0262. The van der Waals surface area contributed by atoms with Gasteiger partial charge in [0.05, 0.1) is 0 Å². The number of ether oxygens (including phenoxy) is 3. The second kappa shape index (κ2) is 53.7. The lowest BCUT2D eigenvalue weighted by molar-refractivity contribution is -0.167. The first kappa shape index (κ1) is 62.1. The van der Waals surface area contributed by atoms with Crippen LogP contribution in [0.4, 0.5) is 0 Å². The summed E-state index contributed by atoms with van der Waals surface area (Å²) in [5, 5.41) is 0. The summed E-state index contributed by atoms with van der Waals surface area (Å²) in [6.07, 6.45) is 66.3. The van der Waals surface area contributed by atoms with Crippen LogP contribution in [-0.4, -0.2) is 37.2 Å². The van der Waals surface area contributed by atoms with Gasteiger partial charge in [0.2, 0.25) is 0 Å². The standard InChI is InChI=1S/C59H104O6/c1-4-7-10-13-16-19-22-25-27-29-31-34-37-40-43-46-49-52-58(61)64-55-56(54-63-57(60)51-48-45-42-39-36-33-24-21-18-15-12-9-6-3)65-59(62)53-50-47-44-41-38-35-32-30-28-26-23-20-17-14-11-8-5-2/h16-17,19-20,25-28,31,34,56H,4-15,18,21-24,29-30,32-33,35-55H2,1-3H3/b19-16+,20-17+,27-25+,28-26+,34-31+/t56-/m1/s1. The van der Waals surface area contributed by atoms with Crippen molar-refractivity contribution >= 4 is 17.9 Å². The van der Waals surface area contributed by atoms with Gasteiger partial charge in [0.1, 0.15) is 13.2 Å². The lowest BCUT2D eigenvalue weighted by Gasteiger charge is -2.18. The average molecular weight is 909 g/mol. The first-order valence-corrected chi connectivity index (χ1v) is 27.8. The van der Waals surface area contributed by atoms with Crippen LogP contribution in [-0.2, 0) is 28.6 Å². The second-order valence-corrected chi connectivity index (χ2v) is 18.5. The summed E-state index contributed by atoms with van der Waals surface area (Å²) in [5.74, 6) is -0.904. The number of carbonyl (C=O) groups is 3. The molecule has 1 atom stereocenters. The van der Waals surface area contributed by atoms with E-state index in [4.69, 9.17) is 14.2 Å². The van der Waals surface area contributed by atoms with Crippen LogP contribution in [0.2, 0.25) is 0 Å². The van der Waals surface area contributed by atoms with Crippen LogP contribution >= 0.6 is 0 Å². The molecule has 0 aliphatic heterocycles. The van der Waals surface area contributed by atoms with E-state index in [-0.39, 0.29) is 31.1 Å². The Labute approximate surface area is 402 Å². The zero-order chi connectivity index (χ0) is 47.2. The minimum atomic E-state index is -0.786. The predicted octanol–water partition coefficient (Wildman–Crippen LogP) is 18.4. The molecule has 0 spiro atoms. The molecule has 376 valence electrons. The van der Waals surface area contributed by atoms with Crippen molar-refractivity contribution in [1.82, 2.24) is 0 Å². The molecule has 0 bridgehead atoms. The van der Waals surface area contributed by atoms with Crippen LogP contribution in [0.1, 0.15) is 278 Å². The van der Waals surface area contributed by atoms with Gasteiger partial charge < -0.3 is 14.2 Å². The number of unbranched alkanes of at least 4 members (excludes halogenated alkanes) is 29. The Hall–Kier alpha value is -2.89. The van der Waals surface area contributed by atoms with Crippen LogP contribution in [0.3, 0.4) is 0 Å². The highest BCUT2D eigenvalue weighted by molar-refractivity contribution is 5.71. The molecule has 0 saturated carbocycles. The third-order valence-electron chi connectivity index (χ3n) is 12.0. The summed E-state index contributed by atoms with van der Waals surface area (Å²) in [4.78, 5) is 38.1. The van der Waals surface area contributed by atoms with Crippen LogP contribution < -0.4 is 0 Å². The smallest absolute Gasteiger partial charge is 0.306 e. The van der Waals surface area contributed by atoms with Gasteiger partial charge in [-0.3, -0.25) is 14.4 Å². The summed E-state index contributed by atoms with van der Waals surface area (Å²) < 4.78 is 16.8. The van der Waals surface area contributed by atoms with Crippen LogP contribution in [0.5, 0.6) is 0 Å². The van der Waals surface area contributed by atoms with E-state index in [0.717, 1.165) is 96.3 Å². The van der Waals surface area contributed by atoms with E-state index >= 15 is 0 Å². The molecule has 0 amide bonds. The molecule has 0 aliphatic rings. The third-order valence-corrected chi connectivity index (χ3v) is 12.0. The van der Waals surface area contributed by atoms with Gasteiger partial charge in [-0.1, -0.05) is 229 Å². The van der Waals surface area contributed by atoms with E-state index in [1.165, 1.54) is 141 Å². The van der Waals surface area contributed by atoms with Crippen molar-refractivity contribution in [3.8, 4) is 0 Å². The maximum atomic E-state index is 12.8. The molecule has 0 aliphatic carbocycles. The van der Waals surface area contributed by atoms with Crippen LogP contribution in [0.15, 0.2) is 60.8 Å². The Morgan fingerprint density at radius 3 is 0.892 bits per heavy atom. The molecule has 0 radical (unpaired) electrons. The van der Waals surface area contributed by atoms with Crippen molar-refractivity contribution in [3.63, 3.8) is 0 Å². The molecule has 0 aromatic rings. The van der Waals surface area contributed by atoms with Gasteiger partial charge in [-0.25, -0.2) is 0 Å².